The molecule has 2 N–H and O–H groups in total. The van der Waals surface area contributed by atoms with Crippen molar-refractivity contribution in [1.82, 2.24) is 14.5 Å². The predicted octanol–water partition coefficient (Wildman–Crippen LogP) is 6.55. The summed E-state index contributed by atoms with van der Waals surface area (Å²) in [6.45, 7) is 0. The number of fused-ring (bicyclic) bond motifs is 2. The normalized spacial score (nSPS) is 11.4. The van der Waals surface area contributed by atoms with E-state index in [0.717, 1.165) is 44.3 Å². The molecule has 0 saturated heterocycles. The first kappa shape index (κ1) is 17.5. The molecule has 0 atom stereocenters. The fourth-order valence-electron chi connectivity index (χ4n) is 4.28. The second-order valence-corrected chi connectivity index (χ2v) is 7.60. The Morgan fingerprint density at radius 1 is 0.677 bits per heavy atom. The lowest BCUT2D eigenvalue weighted by molar-refractivity contribution is 0.449. The second-order valence-electron chi connectivity index (χ2n) is 7.60. The number of aromatic nitrogens is 3. The number of benzene rings is 4. The minimum atomic E-state index is 0.233. The van der Waals surface area contributed by atoms with Gasteiger partial charge in [0.25, 0.3) is 0 Å². The van der Waals surface area contributed by atoms with Crippen LogP contribution in [0, 0.1) is 0 Å². The number of nitrogens with one attached hydrogen (secondary N) is 1. The maximum Gasteiger partial charge on any atom is 0.204 e. The van der Waals surface area contributed by atoms with Crippen LogP contribution in [0.4, 0.5) is 0 Å². The lowest BCUT2D eigenvalue weighted by Crippen LogP contribution is -1.96. The molecular weight excluding hydrogens is 382 g/mol. The van der Waals surface area contributed by atoms with Gasteiger partial charge in [-0.3, -0.25) is 4.57 Å². The molecule has 31 heavy (non-hydrogen) atoms. The van der Waals surface area contributed by atoms with E-state index in [1.807, 2.05) is 59.2 Å². The minimum absolute atomic E-state index is 0.233. The third-order valence-electron chi connectivity index (χ3n) is 5.79. The van der Waals surface area contributed by atoms with Crippen LogP contribution in [0.15, 0.2) is 103 Å². The van der Waals surface area contributed by atoms with Crippen LogP contribution < -0.4 is 0 Å². The highest BCUT2D eigenvalue weighted by molar-refractivity contribution is 6.01. The lowest BCUT2D eigenvalue weighted by atomic mass is 10.0. The summed E-state index contributed by atoms with van der Waals surface area (Å²) in [5, 5.41) is 13.0. The summed E-state index contributed by atoms with van der Waals surface area (Å²) in [4.78, 5) is 7.47. The third kappa shape index (κ3) is 2.81. The summed E-state index contributed by atoms with van der Waals surface area (Å²) >= 11 is 0. The maximum atomic E-state index is 11.2. The number of aromatic hydroxyl groups is 1. The molecule has 0 aliphatic heterocycles. The zero-order valence-electron chi connectivity index (χ0n) is 16.7. The highest BCUT2D eigenvalue weighted by Crippen LogP contribution is 2.41. The quantitative estimate of drug-likeness (QED) is 0.353. The van der Waals surface area contributed by atoms with Crippen molar-refractivity contribution in [2.75, 3.05) is 0 Å². The number of rotatable bonds is 3. The Morgan fingerprint density at radius 3 is 2.16 bits per heavy atom. The van der Waals surface area contributed by atoms with Gasteiger partial charge in [-0.05, 0) is 41.0 Å². The van der Waals surface area contributed by atoms with Gasteiger partial charge < -0.3 is 10.1 Å². The Bertz CT molecular complexity index is 1530. The summed E-state index contributed by atoms with van der Waals surface area (Å²) in [5.41, 5.74) is 7.06. The zero-order chi connectivity index (χ0) is 20.8. The zero-order valence-corrected chi connectivity index (χ0v) is 16.7. The van der Waals surface area contributed by atoms with Crippen LogP contribution in [0.25, 0.3) is 49.9 Å². The van der Waals surface area contributed by atoms with E-state index >= 15 is 0 Å². The third-order valence-corrected chi connectivity index (χ3v) is 5.79. The van der Waals surface area contributed by atoms with Gasteiger partial charge in [0.15, 0.2) is 0 Å². The van der Waals surface area contributed by atoms with Gasteiger partial charge in [0.1, 0.15) is 0 Å². The van der Waals surface area contributed by atoms with Gasteiger partial charge in [-0.2, -0.15) is 0 Å². The van der Waals surface area contributed by atoms with E-state index in [9.17, 15) is 5.11 Å². The topological polar surface area (TPSA) is 53.8 Å². The van der Waals surface area contributed by atoms with Crippen LogP contribution in [0.2, 0.25) is 0 Å². The summed E-state index contributed by atoms with van der Waals surface area (Å²) in [6, 6.07) is 32.8. The Kier molecular flexibility index (Phi) is 3.90. The fraction of sp³-hybridized carbons (Fsp3) is 0. The molecule has 148 valence electrons. The average molecular weight is 401 g/mol. The van der Waals surface area contributed by atoms with Crippen LogP contribution in [0.3, 0.4) is 0 Å². The molecular formula is C27H19N3O. The van der Waals surface area contributed by atoms with Crippen molar-refractivity contribution >= 4 is 21.8 Å². The first-order valence-corrected chi connectivity index (χ1v) is 10.2. The standard InChI is InChI=1S/C27H19N3O/c31-27-23-9-5-4-8-22(23)26(30(27)21-14-15-24-25(16-21)29-17-28-24)20-12-10-19(11-13-20)18-6-2-1-3-7-18/h1-17,31H,(H,28,29). The summed E-state index contributed by atoms with van der Waals surface area (Å²) in [7, 11) is 0. The number of H-pyrrole nitrogens is 1. The molecule has 0 bridgehead atoms. The minimum Gasteiger partial charge on any atom is -0.494 e. The highest BCUT2D eigenvalue weighted by Gasteiger charge is 2.19. The molecule has 2 aromatic heterocycles. The molecule has 0 amide bonds. The van der Waals surface area contributed by atoms with Gasteiger partial charge in [-0.1, -0.05) is 72.8 Å². The van der Waals surface area contributed by atoms with Crippen molar-refractivity contribution in [3.05, 3.63) is 103 Å². The number of aromatic amines is 1. The molecule has 6 rings (SSSR count). The van der Waals surface area contributed by atoms with E-state index < -0.39 is 0 Å². The van der Waals surface area contributed by atoms with E-state index in [1.165, 1.54) is 5.56 Å². The first-order valence-electron chi connectivity index (χ1n) is 10.2. The molecule has 0 saturated carbocycles. The largest absolute Gasteiger partial charge is 0.494 e. The monoisotopic (exact) mass is 401 g/mol. The number of hydrogen-bond donors (Lipinski definition) is 2. The van der Waals surface area contributed by atoms with Crippen LogP contribution in [-0.2, 0) is 0 Å². The molecule has 0 radical (unpaired) electrons. The molecule has 4 aromatic carbocycles. The van der Waals surface area contributed by atoms with E-state index in [2.05, 4.69) is 52.4 Å². The molecule has 0 aliphatic carbocycles. The molecule has 0 spiro atoms. The van der Waals surface area contributed by atoms with Crippen LogP contribution in [0.1, 0.15) is 0 Å². The molecule has 6 aromatic rings. The Balaban J connectivity index is 1.58. The van der Waals surface area contributed by atoms with Gasteiger partial charge in [0, 0.05) is 10.8 Å². The van der Waals surface area contributed by atoms with E-state index in [4.69, 9.17) is 0 Å². The summed E-state index contributed by atoms with van der Waals surface area (Å²) < 4.78 is 1.92. The molecule has 0 unspecified atom stereocenters. The SMILES string of the molecule is Oc1c2ccccc2c(-c2ccc(-c3ccccc3)cc2)n1-c1ccc2nc[nH]c2c1. The van der Waals surface area contributed by atoms with Gasteiger partial charge in [0.05, 0.1) is 28.7 Å². The van der Waals surface area contributed by atoms with Crippen molar-refractivity contribution < 1.29 is 5.11 Å². The van der Waals surface area contributed by atoms with Crippen molar-refractivity contribution in [3.8, 4) is 34.0 Å². The van der Waals surface area contributed by atoms with Crippen molar-refractivity contribution in [2.24, 2.45) is 0 Å². The smallest absolute Gasteiger partial charge is 0.204 e. The van der Waals surface area contributed by atoms with Gasteiger partial charge in [-0.25, -0.2) is 4.98 Å². The number of imidazole rings is 1. The van der Waals surface area contributed by atoms with Crippen molar-refractivity contribution in [2.45, 2.75) is 0 Å². The van der Waals surface area contributed by atoms with Crippen molar-refractivity contribution in [1.29, 1.82) is 0 Å². The predicted molar refractivity (Wildman–Crippen MR) is 125 cm³/mol. The van der Waals surface area contributed by atoms with Crippen LogP contribution >= 0.6 is 0 Å². The van der Waals surface area contributed by atoms with E-state index in [1.54, 1.807) is 6.33 Å². The lowest BCUT2D eigenvalue weighted by Gasteiger charge is -2.12. The van der Waals surface area contributed by atoms with Crippen LogP contribution in [-0.4, -0.2) is 19.6 Å². The molecule has 0 fully saturated rings. The highest BCUT2D eigenvalue weighted by atomic mass is 16.3. The number of nitrogens with zero attached hydrogens (tertiary/aromatic N) is 2. The first-order chi connectivity index (χ1) is 15.3. The molecule has 0 aliphatic rings. The Morgan fingerprint density at radius 2 is 1.35 bits per heavy atom. The summed E-state index contributed by atoms with van der Waals surface area (Å²) in [5.74, 6) is 0.233. The Hall–Kier alpha value is -4.31. The second kappa shape index (κ2) is 6.89. The van der Waals surface area contributed by atoms with Crippen LogP contribution in [0.5, 0.6) is 5.88 Å². The average Bonchev–Trinajstić information content (AvgIpc) is 3.42. The summed E-state index contributed by atoms with van der Waals surface area (Å²) in [6.07, 6.45) is 1.68. The maximum absolute atomic E-state index is 11.2. The van der Waals surface area contributed by atoms with Crippen molar-refractivity contribution in [3.63, 3.8) is 0 Å². The van der Waals surface area contributed by atoms with Gasteiger partial charge in [-0.15, -0.1) is 0 Å². The van der Waals surface area contributed by atoms with E-state index in [0.29, 0.717) is 0 Å². The van der Waals surface area contributed by atoms with Gasteiger partial charge in [0.2, 0.25) is 5.88 Å². The molecule has 4 nitrogen and oxygen atoms in total. The fourth-order valence-corrected chi connectivity index (χ4v) is 4.28. The molecule has 2 heterocycles. The molecule has 4 heteroatoms. The number of hydrogen-bond acceptors (Lipinski definition) is 2. The van der Waals surface area contributed by atoms with E-state index in [-0.39, 0.29) is 5.88 Å². The van der Waals surface area contributed by atoms with Gasteiger partial charge >= 0.3 is 0 Å². The Labute approximate surface area is 179 Å².